The summed E-state index contributed by atoms with van der Waals surface area (Å²) in [4.78, 5) is 23.4. The van der Waals surface area contributed by atoms with Crippen LogP contribution in [0.3, 0.4) is 0 Å². The van der Waals surface area contributed by atoms with E-state index in [0.29, 0.717) is 11.3 Å². The average molecular weight is 233 g/mol. The largest absolute Gasteiger partial charge is 0.496 e. The highest BCUT2D eigenvalue weighted by Crippen LogP contribution is 2.20. The zero-order valence-electron chi connectivity index (χ0n) is 9.95. The summed E-state index contributed by atoms with van der Waals surface area (Å²) in [5.41, 5.74) is 1.25. The first-order valence-corrected chi connectivity index (χ1v) is 5.61. The van der Waals surface area contributed by atoms with Crippen molar-refractivity contribution >= 4 is 11.7 Å². The standard InChI is InChI=1S/C13H15NO3/c1-8-7-9(3-6-11(8)17-2)12(15)13(16)14-10-4-5-10/h3,6-7,10H,4-5H2,1-2H3,(H,14,16). The summed E-state index contributed by atoms with van der Waals surface area (Å²) in [6.45, 7) is 1.84. The smallest absolute Gasteiger partial charge is 0.292 e. The number of amides is 1. The summed E-state index contributed by atoms with van der Waals surface area (Å²) in [5, 5.41) is 2.68. The molecule has 0 saturated heterocycles. The minimum absolute atomic E-state index is 0.200. The van der Waals surface area contributed by atoms with Crippen molar-refractivity contribution in [1.29, 1.82) is 0 Å². The van der Waals surface area contributed by atoms with Crippen molar-refractivity contribution in [2.75, 3.05) is 7.11 Å². The van der Waals surface area contributed by atoms with Crippen LogP contribution in [-0.2, 0) is 4.79 Å². The van der Waals surface area contributed by atoms with Gasteiger partial charge >= 0.3 is 0 Å². The Morgan fingerprint density at radius 3 is 2.59 bits per heavy atom. The van der Waals surface area contributed by atoms with Crippen molar-refractivity contribution in [3.8, 4) is 5.75 Å². The molecule has 0 unspecified atom stereocenters. The molecule has 1 fully saturated rings. The Balaban J connectivity index is 2.12. The molecule has 0 heterocycles. The normalized spacial score (nSPS) is 14.2. The van der Waals surface area contributed by atoms with Gasteiger partial charge in [-0.3, -0.25) is 9.59 Å². The van der Waals surface area contributed by atoms with Crippen LogP contribution >= 0.6 is 0 Å². The first kappa shape index (κ1) is 11.6. The third kappa shape index (κ3) is 2.64. The number of nitrogens with one attached hydrogen (secondary N) is 1. The van der Waals surface area contributed by atoms with E-state index < -0.39 is 11.7 Å². The second-order valence-electron chi connectivity index (χ2n) is 4.26. The average Bonchev–Trinajstić information content (AvgIpc) is 3.11. The molecule has 0 radical (unpaired) electrons. The quantitative estimate of drug-likeness (QED) is 0.632. The molecule has 1 aromatic carbocycles. The molecule has 0 aromatic heterocycles. The van der Waals surface area contributed by atoms with Crippen molar-refractivity contribution in [2.24, 2.45) is 0 Å². The van der Waals surface area contributed by atoms with Crippen LogP contribution in [0.5, 0.6) is 5.75 Å². The Labute approximate surface area is 100.0 Å². The first-order chi connectivity index (χ1) is 8.11. The van der Waals surface area contributed by atoms with E-state index in [4.69, 9.17) is 4.74 Å². The minimum Gasteiger partial charge on any atom is -0.496 e. The second kappa shape index (κ2) is 4.57. The van der Waals surface area contributed by atoms with Crippen LogP contribution in [0, 0.1) is 6.92 Å². The number of hydrogen-bond acceptors (Lipinski definition) is 3. The third-order valence-corrected chi connectivity index (χ3v) is 2.78. The van der Waals surface area contributed by atoms with Gasteiger partial charge in [0.05, 0.1) is 7.11 Å². The fourth-order valence-electron chi connectivity index (χ4n) is 1.63. The predicted octanol–water partition coefficient (Wildman–Crippen LogP) is 1.46. The summed E-state index contributed by atoms with van der Waals surface area (Å²) in [7, 11) is 1.57. The molecular formula is C13H15NO3. The molecule has 17 heavy (non-hydrogen) atoms. The third-order valence-electron chi connectivity index (χ3n) is 2.78. The number of carbonyl (C=O) groups is 2. The maximum Gasteiger partial charge on any atom is 0.292 e. The molecule has 4 heteroatoms. The molecule has 0 spiro atoms. The monoisotopic (exact) mass is 233 g/mol. The van der Waals surface area contributed by atoms with Crippen LogP contribution in [-0.4, -0.2) is 24.8 Å². The zero-order chi connectivity index (χ0) is 12.4. The lowest BCUT2D eigenvalue weighted by atomic mass is 10.1. The summed E-state index contributed by atoms with van der Waals surface area (Å²) >= 11 is 0. The Kier molecular flexibility index (Phi) is 3.13. The van der Waals surface area contributed by atoms with Crippen LogP contribution in [0.4, 0.5) is 0 Å². The van der Waals surface area contributed by atoms with Gasteiger partial charge in [-0.2, -0.15) is 0 Å². The Morgan fingerprint density at radius 2 is 2.06 bits per heavy atom. The van der Waals surface area contributed by atoms with E-state index in [0.717, 1.165) is 18.4 Å². The molecule has 0 atom stereocenters. The van der Waals surface area contributed by atoms with Crippen LogP contribution in [0.1, 0.15) is 28.8 Å². The van der Waals surface area contributed by atoms with Gasteiger partial charge in [-0.05, 0) is 43.5 Å². The maximum atomic E-state index is 11.8. The number of aryl methyl sites for hydroxylation is 1. The number of carbonyl (C=O) groups excluding carboxylic acids is 2. The number of hydrogen-bond donors (Lipinski definition) is 1. The molecule has 1 N–H and O–H groups in total. The van der Waals surface area contributed by atoms with Gasteiger partial charge in [-0.25, -0.2) is 0 Å². The number of methoxy groups -OCH3 is 1. The topological polar surface area (TPSA) is 55.4 Å². The fraction of sp³-hybridized carbons (Fsp3) is 0.385. The van der Waals surface area contributed by atoms with Crippen LogP contribution in [0.2, 0.25) is 0 Å². The second-order valence-corrected chi connectivity index (χ2v) is 4.26. The van der Waals surface area contributed by atoms with E-state index >= 15 is 0 Å². The molecule has 1 aliphatic rings. The van der Waals surface area contributed by atoms with Gasteiger partial charge < -0.3 is 10.1 Å². The molecule has 1 saturated carbocycles. The molecule has 4 nitrogen and oxygen atoms in total. The van der Waals surface area contributed by atoms with E-state index in [9.17, 15) is 9.59 Å². The lowest BCUT2D eigenvalue weighted by Crippen LogP contribution is -2.32. The molecule has 0 aliphatic heterocycles. The van der Waals surface area contributed by atoms with Gasteiger partial charge in [0.2, 0.25) is 5.78 Å². The van der Waals surface area contributed by atoms with Crippen molar-refractivity contribution in [1.82, 2.24) is 5.32 Å². The number of Topliss-reactive ketones (excluding diaryl/α,β-unsaturated/α-hetero) is 1. The van der Waals surface area contributed by atoms with Crippen molar-refractivity contribution in [3.05, 3.63) is 29.3 Å². The van der Waals surface area contributed by atoms with E-state index in [1.54, 1.807) is 25.3 Å². The molecular weight excluding hydrogens is 218 g/mol. The summed E-state index contributed by atoms with van der Waals surface area (Å²) < 4.78 is 5.10. The Morgan fingerprint density at radius 1 is 1.35 bits per heavy atom. The molecule has 0 bridgehead atoms. The number of benzene rings is 1. The number of rotatable bonds is 4. The van der Waals surface area contributed by atoms with Gasteiger partial charge in [0.25, 0.3) is 5.91 Å². The van der Waals surface area contributed by atoms with Crippen LogP contribution < -0.4 is 10.1 Å². The summed E-state index contributed by atoms with van der Waals surface area (Å²) in [6.07, 6.45) is 1.95. The Hall–Kier alpha value is -1.84. The van der Waals surface area contributed by atoms with E-state index in [2.05, 4.69) is 5.32 Å². The SMILES string of the molecule is COc1ccc(C(=O)C(=O)NC2CC2)cc1C. The summed E-state index contributed by atoms with van der Waals surface area (Å²) in [5.74, 6) is -0.288. The number of ketones is 1. The van der Waals surface area contributed by atoms with E-state index in [1.807, 2.05) is 6.92 Å². The fourth-order valence-corrected chi connectivity index (χ4v) is 1.63. The molecule has 2 rings (SSSR count). The molecule has 90 valence electrons. The molecule has 1 amide bonds. The number of ether oxygens (including phenoxy) is 1. The van der Waals surface area contributed by atoms with Gasteiger partial charge in [0.1, 0.15) is 5.75 Å². The molecule has 1 aliphatic carbocycles. The van der Waals surface area contributed by atoms with Gasteiger partial charge in [-0.15, -0.1) is 0 Å². The van der Waals surface area contributed by atoms with Crippen molar-refractivity contribution < 1.29 is 14.3 Å². The van der Waals surface area contributed by atoms with Crippen molar-refractivity contribution in [2.45, 2.75) is 25.8 Å². The van der Waals surface area contributed by atoms with Crippen molar-refractivity contribution in [3.63, 3.8) is 0 Å². The first-order valence-electron chi connectivity index (χ1n) is 5.61. The van der Waals surface area contributed by atoms with Crippen LogP contribution in [0.25, 0.3) is 0 Å². The molecule has 1 aromatic rings. The summed E-state index contributed by atoms with van der Waals surface area (Å²) in [6, 6.07) is 5.19. The predicted molar refractivity (Wildman–Crippen MR) is 63.2 cm³/mol. The minimum atomic E-state index is -0.517. The highest BCUT2D eigenvalue weighted by Gasteiger charge is 2.27. The Bertz CT molecular complexity index is 464. The zero-order valence-corrected chi connectivity index (χ0v) is 9.95. The lowest BCUT2D eigenvalue weighted by Gasteiger charge is -2.06. The van der Waals surface area contributed by atoms with Gasteiger partial charge in [-0.1, -0.05) is 0 Å². The highest BCUT2D eigenvalue weighted by atomic mass is 16.5. The van der Waals surface area contributed by atoms with E-state index in [1.165, 1.54) is 0 Å². The van der Waals surface area contributed by atoms with Gasteiger partial charge in [0.15, 0.2) is 0 Å². The highest BCUT2D eigenvalue weighted by molar-refractivity contribution is 6.42. The van der Waals surface area contributed by atoms with Crippen LogP contribution in [0.15, 0.2) is 18.2 Å². The maximum absolute atomic E-state index is 11.8. The lowest BCUT2D eigenvalue weighted by molar-refractivity contribution is -0.117. The van der Waals surface area contributed by atoms with E-state index in [-0.39, 0.29) is 6.04 Å². The van der Waals surface area contributed by atoms with Gasteiger partial charge in [0, 0.05) is 11.6 Å².